The Kier molecular flexibility index (Phi) is 5.60. The number of rotatable bonds is 5. The van der Waals surface area contributed by atoms with E-state index in [0.29, 0.717) is 6.42 Å². The van der Waals surface area contributed by atoms with Crippen molar-refractivity contribution in [3.05, 3.63) is 37.0 Å². The molecule has 1 atom stereocenters. The highest BCUT2D eigenvalue weighted by Gasteiger charge is 2.10. The molecule has 0 unspecified atom stereocenters. The van der Waals surface area contributed by atoms with Gasteiger partial charge in [0.15, 0.2) is 0 Å². The molecule has 2 heteroatoms. The normalized spacial score (nSPS) is 13.2. The molecule has 0 heterocycles. The van der Waals surface area contributed by atoms with Gasteiger partial charge in [0.1, 0.15) is 0 Å². The Labute approximate surface area is 80.0 Å². The van der Waals surface area contributed by atoms with Crippen LogP contribution in [0, 0.1) is 5.92 Å². The third kappa shape index (κ3) is 4.31. The van der Waals surface area contributed by atoms with Crippen LogP contribution in [0.5, 0.6) is 0 Å². The molecule has 1 N–H and O–H groups in total. The molecule has 0 bridgehead atoms. The molecule has 72 valence electrons. The van der Waals surface area contributed by atoms with Gasteiger partial charge in [-0.1, -0.05) is 38.3 Å². The number of allylic oxidation sites excluding steroid dienone is 4. The summed E-state index contributed by atoms with van der Waals surface area (Å²) in [6, 6.07) is 0. The van der Waals surface area contributed by atoms with Crippen molar-refractivity contribution in [2.45, 2.75) is 13.3 Å². The molecule has 13 heavy (non-hydrogen) atoms. The topological polar surface area (TPSA) is 29.1 Å². The number of amides is 1. The van der Waals surface area contributed by atoms with Crippen LogP contribution >= 0.6 is 0 Å². The van der Waals surface area contributed by atoms with E-state index in [1.165, 1.54) is 0 Å². The van der Waals surface area contributed by atoms with Gasteiger partial charge in [-0.15, -0.1) is 0 Å². The summed E-state index contributed by atoms with van der Waals surface area (Å²) in [5.41, 5.74) is 1.03. The second-order valence-electron chi connectivity index (χ2n) is 2.90. The van der Waals surface area contributed by atoms with E-state index >= 15 is 0 Å². The molecule has 0 saturated carbocycles. The van der Waals surface area contributed by atoms with Crippen molar-refractivity contribution in [1.82, 2.24) is 5.32 Å². The molecule has 0 spiro atoms. The van der Waals surface area contributed by atoms with Gasteiger partial charge in [-0.25, -0.2) is 0 Å². The van der Waals surface area contributed by atoms with Crippen LogP contribution in [0.4, 0.5) is 0 Å². The van der Waals surface area contributed by atoms with Crippen LogP contribution in [0.2, 0.25) is 0 Å². The number of hydrogen-bond donors (Lipinski definition) is 1. The SMILES string of the molecule is C=C/C=C(\C=C)C[C@H](C)C(=O)NC. The summed E-state index contributed by atoms with van der Waals surface area (Å²) in [6.45, 7) is 9.15. The van der Waals surface area contributed by atoms with Gasteiger partial charge >= 0.3 is 0 Å². The minimum absolute atomic E-state index is 0.0193. The summed E-state index contributed by atoms with van der Waals surface area (Å²) >= 11 is 0. The third-order valence-corrected chi connectivity index (χ3v) is 1.83. The van der Waals surface area contributed by atoms with E-state index in [2.05, 4.69) is 18.5 Å². The lowest BCUT2D eigenvalue weighted by Gasteiger charge is -2.09. The first kappa shape index (κ1) is 11.7. The molecule has 0 aromatic heterocycles. The molecule has 0 aromatic carbocycles. The Morgan fingerprint density at radius 2 is 2.15 bits per heavy atom. The highest BCUT2D eigenvalue weighted by atomic mass is 16.1. The van der Waals surface area contributed by atoms with Gasteiger partial charge in [-0.2, -0.15) is 0 Å². The van der Waals surface area contributed by atoms with Crippen molar-refractivity contribution in [1.29, 1.82) is 0 Å². The molecule has 0 fully saturated rings. The molecule has 0 aliphatic carbocycles. The van der Waals surface area contributed by atoms with E-state index in [4.69, 9.17) is 0 Å². The zero-order chi connectivity index (χ0) is 10.3. The monoisotopic (exact) mass is 179 g/mol. The number of nitrogens with one attached hydrogen (secondary N) is 1. The number of hydrogen-bond acceptors (Lipinski definition) is 1. The molecule has 0 aromatic rings. The molecule has 2 nitrogen and oxygen atoms in total. The Balaban J connectivity index is 4.24. The van der Waals surface area contributed by atoms with Crippen LogP contribution in [0.25, 0.3) is 0 Å². The van der Waals surface area contributed by atoms with Crippen LogP contribution in [-0.2, 0) is 4.79 Å². The fourth-order valence-electron chi connectivity index (χ4n) is 1.06. The molecular weight excluding hydrogens is 162 g/mol. The molecule has 0 saturated heterocycles. The van der Waals surface area contributed by atoms with Crippen molar-refractivity contribution in [2.75, 3.05) is 7.05 Å². The zero-order valence-corrected chi connectivity index (χ0v) is 8.34. The fraction of sp³-hybridized carbons (Fsp3) is 0.364. The third-order valence-electron chi connectivity index (χ3n) is 1.83. The van der Waals surface area contributed by atoms with E-state index in [1.807, 2.05) is 13.0 Å². The second-order valence-corrected chi connectivity index (χ2v) is 2.90. The van der Waals surface area contributed by atoms with Crippen molar-refractivity contribution in [2.24, 2.45) is 5.92 Å². The predicted molar refractivity (Wildman–Crippen MR) is 56.3 cm³/mol. The van der Waals surface area contributed by atoms with Gasteiger partial charge in [0.2, 0.25) is 5.91 Å². The van der Waals surface area contributed by atoms with E-state index in [-0.39, 0.29) is 11.8 Å². The number of carbonyl (C=O) groups excluding carboxylic acids is 1. The smallest absolute Gasteiger partial charge is 0.222 e. The largest absolute Gasteiger partial charge is 0.359 e. The molecule has 0 aliphatic heterocycles. The van der Waals surface area contributed by atoms with Crippen molar-refractivity contribution >= 4 is 5.91 Å². The van der Waals surface area contributed by atoms with Crippen LogP contribution < -0.4 is 5.32 Å². The lowest BCUT2D eigenvalue weighted by molar-refractivity contribution is -0.123. The maximum atomic E-state index is 11.2. The van der Waals surface area contributed by atoms with Crippen LogP contribution in [0.3, 0.4) is 0 Å². The predicted octanol–water partition coefficient (Wildman–Crippen LogP) is 2.06. The quantitative estimate of drug-likeness (QED) is 0.643. The first-order valence-corrected chi connectivity index (χ1v) is 4.31. The van der Waals surface area contributed by atoms with Gasteiger partial charge in [0.25, 0.3) is 0 Å². The van der Waals surface area contributed by atoms with Gasteiger partial charge in [-0.3, -0.25) is 4.79 Å². The maximum Gasteiger partial charge on any atom is 0.222 e. The molecule has 0 rings (SSSR count). The Bertz CT molecular complexity index is 228. The Morgan fingerprint density at radius 1 is 1.54 bits per heavy atom. The van der Waals surface area contributed by atoms with Gasteiger partial charge in [-0.05, 0) is 12.0 Å². The lowest BCUT2D eigenvalue weighted by atomic mass is 10.00. The second kappa shape index (κ2) is 6.23. The maximum absolute atomic E-state index is 11.2. The van der Waals surface area contributed by atoms with Crippen molar-refractivity contribution in [3.63, 3.8) is 0 Å². The first-order valence-electron chi connectivity index (χ1n) is 4.31. The average Bonchev–Trinajstić information content (AvgIpc) is 2.15. The summed E-state index contributed by atoms with van der Waals surface area (Å²) < 4.78 is 0. The molecule has 0 aliphatic rings. The van der Waals surface area contributed by atoms with Crippen molar-refractivity contribution in [3.8, 4) is 0 Å². The Hall–Kier alpha value is -1.31. The van der Waals surface area contributed by atoms with Gasteiger partial charge < -0.3 is 5.32 Å². The fourth-order valence-corrected chi connectivity index (χ4v) is 1.06. The summed E-state index contributed by atoms with van der Waals surface area (Å²) in [7, 11) is 1.64. The summed E-state index contributed by atoms with van der Waals surface area (Å²) in [6.07, 6.45) is 6.02. The van der Waals surface area contributed by atoms with Gasteiger partial charge in [0, 0.05) is 13.0 Å². The van der Waals surface area contributed by atoms with Crippen molar-refractivity contribution < 1.29 is 4.79 Å². The van der Waals surface area contributed by atoms with Crippen LogP contribution in [0.1, 0.15) is 13.3 Å². The summed E-state index contributed by atoms with van der Waals surface area (Å²) in [5, 5.41) is 2.61. The number of carbonyl (C=O) groups is 1. The van der Waals surface area contributed by atoms with E-state index in [1.54, 1.807) is 19.2 Å². The van der Waals surface area contributed by atoms with E-state index in [0.717, 1.165) is 5.57 Å². The standard InChI is InChI=1S/C11H17NO/c1-5-7-10(6-2)8-9(3)11(13)12-4/h5-7,9H,1-2,8H2,3-4H3,(H,12,13)/b10-7+/t9-/m0/s1. The Morgan fingerprint density at radius 3 is 2.54 bits per heavy atom. The van der Waals surface area contributed by atoms with E-state index in [9.17, 15) is 4.79 Å². The molecular formula is C11H17NO. The molecule has 0 radical (unpaired) electrons. The minimum Gasteiger partial charge on any atom is -0.359 e. The summed E-state index contributed by atoms with van der Waals surface area (Å²) in [5.74, 6) is 0.0333. The average molecular weight is 179 g/mol. The minimum atomic E-state index is -0.0193. The highest BCUT2D eigenvalue weighted by molar-refractivity contribution is 5.78. The zero-order valence-electron chi connectivity index (χ0n) is 8.34. The summed E-state index contributed by atoms with van der Waals surface area (Å²) in [4.78, 5) is 11.2. The molecule has 1 amide bonds. The van der Waals surface area contributed by atoms with Crippen LogP contribution in [-0.4, -0.2) is 13.0 Å². The van der Waals surface area contributed by atoms with E-state index < -0.39 is 0 Å². The van der Waals surface area contributed by atoms with Gasteiger partial charge in [0.05, 0.1) is 0 Å². The lowest BCUT2D eigenvalue weighted by Crippen LogP contribution is -2.25. The first-order chi connectivity index (χ1) is 6.15. The van der Waals surface area contributed by atoms with Crippen LogP contribution in [0.15, 0.2) is 37.0 Å². The highest BCUT2D eigenvalue weighted by Crippen LogP contribution is 2.12.